The second-order valence-corrected chi connectivity index (χ2v) is 6.81. The summed E-state index contributed by atoms with van der Waals surface area (Å²) in [7, 11) is 0. The molecule has 27 heavy (non-hydrogen) atoms. The number of rotatable bonds is 4. The summed E-state index contributed by atoms with van der Waals surface area (Å²) in [4.78, 5) is 40.3. The Kier molecular flexibility index (Phi) is 4.62. The molecule has 0 atom stereocenters. The molecule has 2 heterocycles. The van der Waals surface area contributed by atoms with Crippen LogP contribution in [0.4, 0.5) is 11.4 Å². The third kappa shape index (κ3) is 3.43. The number of para-hydroxylation sites is 1. The second kappa shape index (κ2) is 7.23. The third-order valence-corrected chi connectivity index (χ3v) is 5.08. The first-order valence-corrected chi connectivity index (χ1v) is 9.20. The van der Waals surface area contributed by atoms with Crippen LogP contribution in [0.3, 0.4) is 0 Å². The van der Waals surface area contributed by atoms with Crippen LogP contribution in [0.25, 0.3) is 0 Å². The van der Waals surface area contributed by atoms with E-state index in [1.54, 1.807) is 28.0 Å². The molecule has 0 unspecified atom stereocenters. The minimum Gasteiger partial charge on any atom is -0.343 e. The summed E-state index contributed by atoms with van der Waals surface area (Å²) in [6.45, 7) is 1.26. The van der Waals surface area contributed by atoms with E-state index >= 15 is 0 Å². The van der Waals surface area contributed by atoms with Crippen LogP contribution in [-0.2, 0) is 16.0 Å². The molecular formula is C21H21N3O3. The first kappa shape index (κ1) is 17.3. The van der Waals surface area contributed by atoms with Gasteiger partial charge in [-0.1, -0.05) is 24.3 Å². The van der Waals surface area contributed by atoms with Crippen molar-refractivity contribution in [1.82, 2.24) is 5.32 Å². The zero-order valence-corrected chi connectivity index (χ0v) is 15.0. The number of amides is 3. The van der Waals surface area contributed by atoms with Crippen molar-refractivity contribution < 1.29 is 14.4 Å². The van der Waals surface area contributed by atoms with Gasteiger partial charge < -0.3 is 15.1 Å². The van der Waals surface area contributed by atoms with Gasteiger partial charge in [0.15, 0.2) is 0 Å². The van der Waals surface area contributed by atoms with Crippen molar-refractivity contribution in [3.8, 4) is 0 Å². The Bertz CT molecular complexity index is 909. The number of anilines is 2. The van der Waals surface area contributed by atoms with Crippen molar-refractivity contribution in [2.75, 3.05) is 29.4 Å². The first-order chi connectivity index (χ1) is 13.1. The Labute approximate surface area is 157 Å². The van der Waals surface area contributed by atoms with E-state index in [0.717, 1.165) is 29.8 Å². The lowest BCUT2D eigenvalue weighted by atomic mass is 10.1. The van der Waals surface area contributed by atoms with Crippen molar-refractivity contribution in [2.24, 2.45) is 0 Å². The van der Waals surface area contributed by atoms with E-state index in [0.29, 0.717) is 25.1 Å². The maximum atomic E-state index is 12.5. The van der Waals surface area contributed by atoms with Crippen molar-refractivity contribution >= 4 is 29.1 Å². The molecule has 6 nitrogen and oxygen atoms in total. The van der Waals surface area contributed by atoms with Crippen LogP contribution in [0.15, 0.2) is 48.5 Å². The Morgan fingerprint density at radius 3 is 2.67 bits per heavy atom. The van der Waals surface area contributed by atoms with Crippen LogP contribution >= 0.6 is 0 Å². The quantitative estimate of drug-likeness (QED) is 0.905. The Balaban J connectivity index is 1.40. The highest BCUT2D eigenvalue weighted by Gasteiger charge is 2.25. The maximum absolute atomic E-state index is 12.5. The normalized spacial score (nSPS) is 15.8. The van der Waals surface area contributed by atoms with Gasteiger partial charge in [0.2, 0.25) is 11.8 Å². The fourth-order valence-corrected chi connectivity index (χ4v) is 3.69. The van der Waals surface area contributed by atoms with Crippen LogP contribution in [0, 0.1) is 0 Å². The lowest BCUT2D eigenvalue weighted by molar-refractivity contribution is -0.118. The molecule has 0 saturated carbocycles. The summed E-state index contributed by atoms with van der Waals surface area (Å²) in [5.41, 5.74) is 3.25. The Hall–Kier alpha value is -3.15. The lowest BCUT2D eigenvalue weighted by Crippen LogP contribution is -2.39. The molecule has 6 heteroatoms. The Morgan fingerprint density at radius 1 is 1.00 bits per heavy atom. The van der Waals surface area contributed by atoms with Gasteiger partial charge in [-0.2, -0.15) is 0 Å². The number of carbonyl (C=O) groups is 3. The molecule has 2 aliphatic rings. The van der Waals surface area contributed by atoms with Crippen molar-refractivity contribution in [2.45, 2.75) is 19.3 Å². The summed E-state index contributed by atoms with van der Waals surface area (Å²) < 4.78 is 0. The molecule has 2 aliphatic heterocycles. The molecule has 1 fully saturated rings. The lowest BCUT2D eigenvalue weighted by Gasteiger charge is -2.18. The number of hydrogen-bond donors (Lipinski definition) is 1. The highest BCUT2D eigenvalue weighted by atomic mass is 16.2. The number of benzene rings is 2. The average molecular weight is 363 g/mol. The van der Waals surface area contributed by atoms with Crippen LogP contribution in [0.2, 0.25) is 0 Å². The number of nitrogens with one attached hydrogen (secondary N) is 1. The van der Waals surface area contributed by atoms with Crippen LogP contribution in [0.5, 0.6) is 0 Å². The molecule has 0 aromatic heterocycles. The smallest absolute Gasteiger partial charge is 0.251 e. The van der Waals surface area contributed by atoms with Gasteiger partial charge >= 0.3 is 0 Å². The monoisotopic (exact) mass is 363 g/mol. The van der Waals surface area contributed by atoms with E-state index in [2.05, 4.69) is 5.32 Å². The number of carbonyl (C=O) groups excluding carboxylic acids is 3. The summed E-state index contributed by atoms with van der Waals surface area (Å²) in [6, 6.07) is 14.8. The standard InChI is InChI=1S/C21H21N3O3/c25-19-9-4-11-23(19)17-7-3-6-16(13-17)21(27)22-14-20(26)24-12-10-15-5-1-2-8-18(15)24/h1-3,5-8,13H,4,9-12,14H2,(H,22,27). The first-order valence-electron chi connectivity index (χ1n) is 9.20. The zero-order valence-electron chi connectivity index (χ0n) is 15.0. The summed E-state index contributed by atoms with van der Waals surface area (Å²) in [5, 5.41) is 2.70. The van der Waals surface area contributed by atoms with Crippen molar-refractivity contribution in [1.29, 1.82) is 0 Å². The molecule has 1 N–H and O–H groups in total. The number of hydrogen-bond acceptors (Lipinski definition) is 3. The van der Waals surface area contributed by atoms with Gasteiger partial charge in [0.05, 0.1) is 6.54 Å². The predicted molar refractivity (Wildman–Crippen MR) is 103 cm³/mol. The minimum atomic E-state index is -0.315. The SMILES string of the molecule is O=C(NCC(=O)N1CCc2ccccc21)c1cccc(N2CCCC2=O)c1. The molecule has 0 radical (unpaired) electrons. The summed E-state index contributed by atoms with van der Waals surface area (Å²) in [5.74, 6) is -0.362. The van der Waals surface area contributed by atoms with Crippen LogP contribution in [0.1, 0.15) is 28.8 Å². The predicted octanol–water partition coefficient (Wildman–Crippen LogP) is 2.13. The molecule has 0 spiro atoms. The van der Waals surface area contributed by atoms with Gasteiger partial charge in [-0.3, -0.25) is 14.4 Å². The maximum Gasteiger partial charge on any atom is 0.251 e. The van der Waals surface area contributed by atoms with Gasteiger partial charge in [-0.05, 0) is 42.7 Å². The van der Waals surface area contributed by atoms with E-state index in [-0.39, 0.29) is 24.3 Å². The molecule has 1 saturated heterocycles. The van der Waals surface area contributed by atoms with Gasteiger partial charge in [0.1, 0.15) is 0 Å². The molecule has 0 bridgehead atoms. The van der Waals surface area contributed by atoms with Crippen molar-refractivity contribution in [3.05, 3.63) is 59.7 Å². The highest BCUT2D eigenvalue weighted by Crippen LogP contribution is 2.27. The number of fused-ring (bicyclic) bond motifs is 1. The molecular weight excluding hydrogens is 342 g/mol. The zero-order chi connectivity index (χ0) is 18.8. The van der Waals surface area contributed by atoms with Crippen LogP contribution < -0.4 is 15.1 Å². The van der Waals surface area contributed by atoms with E-state index < -0.39 is 0 Å². The molecule has 2 aromatic carbocycles. The molecule has 0 aliphatic carbocycles. The number of nitrogens with zero attached hydrogens (tertiary/aromatic N) is 2. The highest BCUT2D eigenvalue weighted by molar-refractivity contribution is 6.02. The average Bonchev–Trinajstić information content (AvgIpc) is 3.32. The van der Waals surface area contributed by atoms with Gasteiger partial charge in [-0.25, -0.2) is 0 Å². The molecule has 3 amide bonds. The minimum absolute atomic E-state index is 0.0555. The largest absolute Gasteiger partial charge is 0.343 e. The molecule has 4 rings (SSSR count). The van der Waals surface area contributed by atoms with E-state index in [9.17, 15) is 14.4 Å². The molecule has 2 aromatic rings. The fourth-order valence-electron chi connectivity index (χ4n) is 3.69. The van der Waals surface area contributed by atoms with E-state index in [1.165, 1.54) is 0 Å². The van der Waals surface area contributed by atoms with Gasteiger partial charge in [0.25, 0.3) is 5.91 Å². The van der Waals surface area contributed by atoms with Crippen molar-refractivity contribution in [3.63, 3.8) is 0 Å². The Morgan fingerprint density at radius 2 is 1.85 bits per heavy atom. The third-order valence-electron chi connectivity index (χ3n) is 5.08. The second-order valence-electron chi connectivity index (χ2n) is 6.81. The van der Waals surface area contributed by atoms with Gasteiger partial charge in [-0.15, -0.1) is 0 Å². The van der Waals surface area contributed by atoms with Crippen LogP contribution in [-0.4, -0.2) is 37.4 Å². The van der Waals surface area contributed by atoms with Gasteiger partial charge in [0, 0.05) is 36.4 Å². The molecule has 138 valence electrons. The van der Waals surface area contributed by atoms with E-state index in [4.69, 9.17) is 0 Å². The fraction of sp³-hybridized carbons (Fsp3) is 0.286. The summed E-state index contributed by atoms with van der Waals surface area (Å²) in [6.07, 6.45) is 2.21. The summed E-state index contributed by atoms with van der Waals surface area (Å²) >= 11 is 0. The van der Waals surface area contributed by atoms with E-state index in [1.807, 2.05) is 30.3 Å². The topological polar surface area (TPSA) is 69.7 Å².